The number of rotatable bonds is 5. The highest BCUT2D eigenvalue weighted by Gasteiger charge is 2.30. The van der Waals surface area contributed by atoms with Gasteiger partial charge in [0.25, 0.3) is 11.8 Å². The van der Waals surface area contributed by atoms with Crippen molar-refractivity contribution in [3.63, 3.8) is 0 Å². The summed E-state index contributed by atoms with van der Waals surface area (Å²) in [6, 6.07) is 4.97. The Kier molecular flexibility index (Phi) is 6.37. The number of carbonyl (C=O) groups excluding carboxylic acids is 2. The highest BCUT2D eigenvalue weighted by Crippen LogP contribution is 2.35. The molecule has 2 amide bonds. The normalized spacial score (nSPS) is 12.5. The molecule has 0 unspecified atom stereocenters. The van der Waals surface area contributed by atoms with Crippen LogP contribution in [-0.2, 0) is 20.1 Å². The third-order valence-electron chi connectivity index (χ3n) is 5.63. The van der Waals surface area contributed by atoms with E-state index in [1.54, 1.807) is 24.1 Å². The molecule has 0 atom stereocenters. The van der Waals surface area contributed by atoms with Crippen molar-refractivity contribution in [3.05, 3.63) is 68.4 Å². The first-order chi connectivity index (χ1) is 17.2. The molecular formula is C23H19Cl2N7O3S. The van der Waals surface area contributed by atoms with Gasteiger partial charge < -0.3 is 9.64 Å². The van der Waals surface area contributed by atoms with Crippen LogP contribution in [0.25, 0.3) is 11.1 Å². The third kappa shape index (κ3) is 4.52. The van der Waals surface area contributed by atoms with E-state index in [9.17, 15) is 9.59 Å². The lowest BCUT2D eigenvalue weighted by Crippen LogP contribution is -2.26. The van der Waals surface area contributed by atoms with Crippen LogP contribution in [0.1, 0.15) is 37.1 Å². The van der Waals surface area contributed by atoms with Crippen molar-refractivity contribution >= 4 is 51.5 Å². The quantitative estimate of drug-likeness (QED) is 0.371. The molecule has 4 aromatic heterocycles. The zero-order chi connectivity index (χ0) is 25.6. The summed E-state index contributed by atoms with van der Waals surface area (Å²) in [6.07, 6.45) is 3.01. The number of fused-ring (bicyclic) bond motifs is 1. The number of pyridine rings is 2. The van der Waals surface area contributed by atoms with Gasteiger partial charge in [-0.15, -0.1) is 0 Å². The number of anilines is 1. The number of aryl methyl sites for hydroxylation is 2. The first kappa shape index (κ1) is 24.2. The van der Waals surface area contributed by atoms with Crippen molar-refractivity contribution in [2.45, 2.75) is 20.0 Å². The summed E-state index contributed by atoms with van der Waals surface area (Å²) in [7, 11) is 3.20. The van der Waals surface area contributed by atoms with E-state index < -0.39 is 0 Å². The Morgan fingerprint density at radius 2 is 1.92 bits per heavy atom. The van der Waals surface area contributed by atoms with Crippen molar-refractivity contribution in [2.24, 2.45) is 7.05 Å². The van der Waals surface area contributed by atoms with Crippen molar-refractivity contribution in [1.29, 1.82) is 0 Å². The van der Waals surface area contributed by atoms with Crippen molar-refractivity contribution in [1.82, 2.24) is 29.6 Å². The van der Waals surface area contributed by atoms with Gasteiger partial charge in [-0.3, -0.25) is 24.6 Å². The molecule has 13 heteroatoms. The molecule has 5 heterocycles. The predicted octanol–water partition coefficient (Wildman–Crippen LogP) is 4.37. The summed E-state index contributed by atoms with van der Waals surface area (Å²) in [4.78, 5) is 41.4. The molecule has 10 nitrogen and oxygen atoms in total. The number of hydrogen-bond acceptors (Lipinski definition) is 8. The van der Waals surface area contributed by atoms with Crippen LogP contribution in [0, 0.1) is 6.92 Å². The second kappa shape index (κ2) is 9.49. The molecule has 0 fully saturated rings. The van der Waals surface area contributed by atoms with Crippen LogP contribution in [0.2, 0.25) is 10.3 Å². The number of methoxy groups -OCH3 is 1. The van der Waals surface area contributed by atoms with Crippen LogP contribution in [0.3, 0.4) is 0 Å². The lowest BCUT2D eigenvalue weighted by Gasteiger charge is -2.14. The summed E-state index contributed by atoms with van der Waals surface area (Å²) in [5, 5.41) is 8.09. The predicted molar refractivity (Wildman–Crippen MR) is 136 cm³/mol. The fourth-order valence-electron chi connectivity index (χ4n) is 3.87. The summed E-state index contributed by atoms with van der Waals surface area (Å²) in [5.74, 6) is -0.129. The monoisotopic (exact) mass is 543 g/mol. The van der Waals surface area contributed by atoms with Gasteiger partial charge >= 0.3 is 0 Å². The maximum atomic E-state index is 13.3. The Morgan fingerprint density at radius 3 is 2.61 bits per heavy atom. The smallest absolute Gasteiger partial charge is 0.275 e. The van der Waals surface area contributed by atoms with E-state index in [2.05, 4.69) is 25.4 Å². The molecule has 5 rings (SSSR count). The number of hydrogen-bond donors (Lipinski definition) is 1. The van der Waals surface area contributed by atoms with Gasteiger partial charge in [0.05, 0.1) is 42.5 Å². The Bertz CT molecular complexity index is 1470. The van der Waals surface area contributed by atoms with Gasteiger partial charge in [-0.2, -0.15) is 5.10 Å². The first-order valence-corrected chi connectivity index (χ1v) is 12.3. The molecule has 0 saturated carbocycles. The van der Waals surface area contributed by atoms with E-state index in [-0.39, 0.29) is 22.7 Å². The van der Waals surface area contributed by atoms with E-state index in [0.717, 1.165) is 16.3 Å². The molecule has 184 valence electrons. The highest BCUT2D eigenvalue weighted by molar-refractivity contribution is 7.16. The average molecular weight is 544 g/mol. The lowest BCUT2D eigenvalue weighted by molar-refractivity contribution is 0.0744. The second-order valence-electron chi connectivity index (χ2n) is 8.06. The Balaban J connectivity index is 1.36. The van der Waals surface area contributed by atoms with E-state index in [1.807, 2.05) is 6.92 Å². The number of nitrogens with one attached hydrogen (secondary N) is 1. The zero-order valence-electron chi connectivity index (χ0n) is 19.4. The minimum Gasteiger partial charge on any atom is -0.494 e. The van der Waals surface area contributed by atoms with E-state index in [1.165, 1.54) is 41.6 Å². The molecule has 1 aliphatic heterocycles. The van der Waals surface area contributed by atoms with Crippen LogP contribution < -0.4 is 10.1 Å². The van der Waals surface area contributed by atoms with Gasteiger partial charge in [0, 0.05) is 36.1 Å². The van der Waals surface area contributed by atoms with Gasteiger partial charge in [-0.25, -0.2) is 9.97 Å². The van der Waals surface area contributed by atoms with Crippen LogP contribution in [0.15, 0.2) is 30.6 Å². The van der Waals surface area contributed by atoms with Crippen LogP contribution in [0.4, 0.5) is 5.13 Å². The summed E-state index contributed by atoms with van der Waals surface area (Å²) in [5.41, 5.74) is 3.30. The molecule has 0 aromatic carbocycles. The van der Waals surface area contributed by atoms with E-state index in [0.29, 0.717) is 45.8 Å². The summed E-state index contributed by atoms with van der Waals surface area (Å²) < 4.78 is 6.87. The van der Waals surface area contributed by atoms with Gasteiger partial charge in [-0.1, -0.05) is 34.5 Å². The number of halogens is 2. The minimum absolute atomic E-state index is 0.228. The molecule has 36 heavy (non-hydrogen) atoms. The molecular weight excluding hydrogens is 525 g/mol. The summed E-state index contributed by atoms with van der Waals surface area (Å²) >= 11 is 13.4. The van der Waals surface area contributed by atoms with Crippen LogP contribution in [0.5, 0.6) is 5.75 Å². The minimum atomic E-state index is -0.379. The molecule has 0 aliphatic carbocycles. The number of carbonyl (C=O) groups is 2. The number of amides is 2. The molecule has 0 spiro atoms. The molecule has 1 aliphatic rings. The van der Waals surface area contributed by atoms with Crippen LogP contribution >= 0.6 is 34.5 Å². The van der Waals surface area contributed by atoms with E-state index in [4.69, 9.17) is 27.9 Å². The SMILES string of the molecule is COc1cnc(Cl)cc1-c1cc(C)ncc1C(=O)Nc1nc2c(s1)CN(C(=O)c1cc(Cl)n(C)n1)C2. The number of aromatic nitrogens is 5. The second-order valence-corrected chi connectivity index (χ2v) is 9.92. The van der Waals surface area contributed by atoms with Gasteiger partial charge in [0.1, 0.15) is 16.1 Å². The van der Waals surface area contributed by atoms with Crippen molar-refractivity contribution in [3.8, 4) is 16.9 Å². The van der Waals surface area contributed by atoms with E-state index >= 15 is 0 Å². The van der Waals surface area contributed by atoms with Gasteiger partial charge in [-0.05, 0) is 19.1 Å². The number of thiazole rings is 1. The van der Waals surface area contributed by atoms with Crippen molar-refractivity contribution in [2.75, 3.05) is 12.4 Å². The molecule has 0 saturated heterocycles. The number of ether oxygens (including phenoxy) is 1. The third-order valence-corrected chi connectivity index (χ3v) is 7.19. The average Bonchev–Trinajstić information content (AvgIpc) is 3.51. The zero-order valence-corrected chi connectivity index (χ0v) is 21.7. The molecule has 4 aromatic rings. The fourth-order valence-corrected chi connectivity index (χ4v) is 5.15. The van der Waals surface area contributed by atoms with Crippen molar-refractivity contribution < 1.29 is 14.3 Å². The van der Waals surface area contributed by atoms with Gasteiger partial charge in [0.2, 0.25) is 0 Å². The lowest BCUT2D eigenvalue weighted by atomic mass is 10.0. The molecule has 1 N–H and O–H groups in total. The highest BCUT2D eigenvalue weighted by atomic mass is 35.5. The fraction of sp³-hybridized carbons (Fsp3) is 0.217. The molecule has 0 radical (unpaired) electrons. The first-order valence-electron chi connectivity index (χ1n) is 10.7. The van der Waals surface area contributed by atoms with Gasteiger partial charge in [0.15, 0.2) is 10.8 Å². The Morgan fingerprint density at radius 1 is 1.11 bits per heavy atom. The maximum Gasteiger partial charge on any atom is 0.275 e. The Labute approximate surface area is 219 Å². The topological polar surface area (TPSA) is 115 Å². The number of nitrogens with zero attached hydrogens (tertiary/aromatic N) is 6. The molecule has 0 bridgehead atoms. The standard InChI is InChI=1S/C23H19Cl2N7O3S/c1-11-4-12(13-5-19(24)27-8-17(13)35-3)14(7-26-11)21(33)29-23-28-16-9-32(10-18(16)36-23)22(34)15-6-20(25)31(2)30-15/h4-8H,9-10H2,1-3H3,(H,28,29,33). The largest absolute Gasteiger partial charge is 0.494 e. The van der Waals surface area contributed by atoms with Crippen LogP contribution in [-0.4, -0.2) is 48.6 Å². The Hall–Kier alpha value is -3.54. The summed E-state index contributed by atoms with van der Waals surface area (Å²) in [6.45, 7) is 2.52. The maximum absolute atomic E-state index is 13.3.